The first-order valence-corrected chi connectivity index (χ1v) is 13.2. The van der Waals surface area contributed by atoms with Gasteiger partial charge in [-0.25, -0.2) is 13.9 Å². The lowest BCUT2D eigenvalue weighted by atomic mass is 10.1. The van der Waals surface area contributed by atoms with Gasteiger partial charge in [0, 0.05) is 44.8 Å². The lowest BCUT2D eigenvalue weighted by Crippen LogP contribution is -2.44. The van der Waals surface area contributed by atoms with Crippen molar-refractivity contribution in [1.82, 2.24) is 24.4 Å². The van der Waals surface area contributed by atoms with Crippen LogP contribution in [0.25, 0.3) is 23.0 Å². The molecule has 186 valence electrons. The average Bonchev–Trinajstić information content (AvgIpc) is 3.48. The van der Waals surface area contributed by atoms with Crippen molar-refractivity contribution in [2.24, 2.45) is 4.99 Å². The normalized spacial score (nSPS) is 20.6. The first-order chi connectivity index (χ1) is 17.5. The van der Waals surface area contributed by atoms with Crippen LogP contribution >= 0.6 is 11.8 Å². The maximum Gasteiger partial charge on any atom is 0.286 e. The van der Waals surface area contributed by atoms with E-state index in [-0.39, 0.29) is 11.7 Å². The number of fused-ring (bicyclic) bond motifs is 1. The van der Waals surface area contributed by atoms with Crippen LogP contribution in [0.4, 0.5) is 10.1 Å². The van der Waals surface area contributed by atoms with Gasteiger partial charge in [0.05, 0.1) is 28.2 Å². The number of anilines is 1. The Morgan fingerprint density at radius 2 is 1.78 bits per heavy atom. The van der Waals surface area contributed by atoms with Crippen molar-refractivity contribution >= 4 is 40.2 Å². The number of hydrogen-bond acceptors (Lipinski definition) is 7. The van der Waals surface area contributed by atoms with Gasteiger partial charge in [-0.2, -0.15) is 10.1 Å². The fourth-order valence-electron chi connectivity index (χ4n) is 4.88. The quantitative estimate of drug-likeness (QED) is 0.502. The monoisotopic (exact) mass is 505 g/mol. The van der Waals surface area contributed by atoms with Crippen LogP contribution in [0.2, 0.25) is 0 Å². The first-order valence-electron chi connectivity index (χ1n) is 12.4. The van der Waals surface area contributed by atoms with Crippen LogP contribution < -0.4 is 4.90 Å². The molecule has 0 spiro atoms. The summed E-state index contributed by atoms with van der Waals surface area (Å²) in [4.78, 5) is 28.4. The number of amides is 1. The van der Waals surface area contributed by atoms with Crippen molar-refractivity contribution in [3.8, 4) is 11.3 Å². The summed E-state index contributed by atoms with van der Waals surface area (Å²) in [7, 11) is 2.08. The van der Waals surface area contributed by atoms with Gasteiger partial charge in [-0.05, 0) is 68.4 Å². The molecule has 2 fully saturated rings. The Labute approximate surface area is 213 Å². The van der Waals surface area contributed by atoms with Gasteiger partial charge in [0.25, 0.3) is 5.91 Å². The average molecular weight is 506 g/mol. The highest BCUT2D eigenvalue weighted by atomic mass is 32.2. The Hall–Kier alpha value is -3.24. The maximum absolute atomic E-state index is 15.1. The number of hydrogen-bond donors (Lipinski definition) is 0. The number of aliphatic imine (C=N–C) groups is 1. The van der Waals surface area contributed by atoms with Crippen LogP contribution in [-0.2, 0) is 4.79 Å². The van der Waals surface area contributed by atoms with Crippen LogP contribution in [-0.4, -0.2) is 81.8 Å². The zero-order valence-electron chi connectivity index (χ0n) is 20.2. The molecular weight excluding hydrogens is 477 g/mol. The number of carbonyl (C=O) groups is 1. The number of likely N-dealkylation sites (tertiary alicyclic amines) is 1. The molecule has 10 heteroatoms. The number of piperazine rings is 1. The molecule has 3 aliphatic heterocycles. The van der Waals surface area contributed by atoms with Crippen LogP contribution in [0.5, 0.6) is 0 Å². The second kappa shape index (κ2) is 9.67. The van der Waals surface area contributed by atoms with Gasteiger partial charge in [0.2, 0.25) is 0 Å². The van der Waals surface area contributed by atoms with Crippen LogP contribution in [0, 0.1) is 5.82 Å². The zero-order valence-corrected chi connectivity index (χ0v) is 21.0. The number of rotatable bonds is 3. The molecule has 0 aliphatic carbocycles. The number of aromatic nitrogens is 3. The Morgan fingerprint density at radius 1 is 0.972 bits per heavy atom. The Kier molecular flexibility index (Phi) is 6.22. The molecule has 0 unspecified atom stereocenters. The molecule has 0 bridgehead atoms. The van der Waals surface area contributed by atoms with E-state index in [0.717, 1.165) is 57.3 Å². The number of amidine groups is 1. The number of piperidine rings is 1. The van der Waals surface area contributed by atoms with E-state index in [2.05, 4.69) is 31.7 Å². The predicted molar refractivity (Wildman–Crippen MR) is 142 cm³/mol. The van der Waals surface area contributed by atoms with Gasteiger partial charge in [0.1, 0.15) is 5.82 Å². The van der Waals surface area contributed by atoms with E-state index >= 15 is 4.39 Å². The van der Waals surface area contributed by atoms with E-state index < -0.39 is 0 Å². The van der Waals surface area contributed by atoms with Crippen LogP contribution in [0.3, 0.4) is 0 Å². The highest BCUT2D eigenvalue weighted by Crippen LogP contribution is 2.32. The van der Waals surface area contributed by atoms with E-state index in [4.69, 9.17) is 5.10 Å². The summed E-state index contributed by atoms with van der Waals surface area (Å²) in [5, 5.41) is 5.49. The molecule has 6 rings (SSSR count). The van der Waals surface area contributed by atoms with E-state index in [9.17, 15) is 4.79 Å². The van der Waals surface area contributed by atoms with Gasteiger partial charge < -0.3 is 14.7 Å². The third kappa shape index (κ3) is 4.51. The molecule has 3 aliphatic rings. The van der Waals surface area contributed by atoms with Gasteiger partial charge in [-0.15, -0.1) is 0 Å². The van der Waals surface area contributed by atoms with E-state index in [0.29, 0.717) is 33.2 Å². The van der Waals surface area contributed by atoms with Crippen LogP contribution in [0.1, 0.15) is 25.0 Å². The second-order valence-electron chi connectivity index (χ2n) is 9.49. The standard InChI is InChI=1S/C26H28FN7OS/c1-31-11-13-32(14-12-31)21-7-5-18(15-20(21)27)22-17-28-24-8-6-19(30-34(22)24)16-23-25(35)29-26(36-23)33-9-3-2-4-10-33/h5-8,15-17H,2-4,9-14H2,1H3. The molecule has 1 amide bonds. The molecule has 36 heavy (non-hydrogen) atoms. The minimum absolute atomic E-state index is 0.227. The fraction of sp³-hybridized carbons (Fsp3) is 0.385. The molecule has 2 saturated heterocycles. The highest BCUT2D eigenvalue weighted by molar-refractivity contribution is 8.18. The Bertz CT molecular complexity index is 1370. The third-order valence-electron chi connectivity index (χ3n) is 6.99. The van der Waals surface area contributed by atoms with Crippen molar-refractivity contribution in [3.05, 3.63) is 52.9 Å². The van der Waals surface area contributed by atoms with Gasteiger partial charge in [-0.3, -0.25) is 4.79 Å². The van der Waals surface area contributed by atoms with Crippen molar-refractivity contribution < 1.29 is 9.18 Å². The van der Waals surface area contributed by atoms with Crippen LogP contribution in [0.15, 0.2) is 46.4 Å². The minimum atomic E-state index is -0.249. The number of thioether (sulfide) groups is 1. The summed E-state index contributed by atoms with van der Waals surface area (Å²) in [6.07, 6.45) is 6.96. The second-order valence-corrected chi connectivity index (χ2v) is 10.5. The maximum atomic E-state index is 15.1. The largest absolute Gasteiger partial charge is 0.367 e. The molecule has 1 aromatic carbocycles. The third-order valence-corrected chi connectivity index (χ3v) is 8.03. The molecule has 2 aromatic heterocycles. The van der Waals surface area contributed by atoms with Gasteiger partial charge >= 0.3 is 0 Å². The molecule has 0 N–H and O–H groups in total. The minimum Gasteiger partial charge on any atom is -0.367 e. The van der Waals surface area contributed by atoms with Crippen molar-refractivity contribution in [3.63, 3.8) is 0 Å². The van der Waals surface area contributed by atoms with E-state index in [1.54, 1.807) is 22.9 Å². The molecular formula is C26H28FN7OS. The summed E-state index contributed by atoms with van der Waals surface area (Å²) in [5.41, 5.74) is 3.32. The Morgan fingerprint density at radius 3 is 2.56 bits per heavy atom. The smallest absolute Gasteiger partial charge is 0.286 e. The van der Waals surface area contributed by atoms with Gasteiger partial charge in [-0.1, -0.05) is 6.07 Å². The molecule has 0 saturated carbocycles. The van der Waals surface area contributed by atoms with Crippen molar-refractivity contribution in [2.75, 3.05) is 51.2 Å². The number of carbonyl (C=O) groups excluding carboxylic acids is 1. The summed E-state index contributed by atoms with van der Waals surface area (Å²) in [5.74, 6) is -0.476. The van der Waals surface area contributed by atoms with E-state index in [1.165, 1.54) is 18.2 Å². The summed E-state index contributed by atoms with van der Waals surface area (Å²) in [6, 6.07) is 9.01. The Balaban J connectivity index is 1.25. The zero-order chi connectivity index (χ0) is 24.6. The van der Waals surface area contributed by atoms with E-state index in [1.807, 2.05) is 24.3 Å². The molecule has 5 heterocycles. The molecule has 3 aromatic rings. The number of benzene rings is 1. The summed E-state index contributed by atoms with van der Waals surface area (Å²) >= 11 is 1.41. The van der Waals surface area contributed by atoms with Crippen molar-refractivity contribution in [2.45, 2.75) is 19.3 Å². The topological polar surface area (TPSA) is 69.3 Å². The molecule has 0 atom stereocenters. The van der Waals surface area contributed by atoms with Gasteiger partial charge in [0.15, 0.2) is 10.8 Å². The molecule has 8 nitrogen and oxygen atoms in total. The number of likely N-dealkylation sites (N-methyl/N-ethyl adjacent to an activating group) is 1. The predicted octanol–water partition coefficient (Wildman–Crippen LogP) is 3.74. The number of halogens is 1. The number of nitrogens with zero attached hydrogens (tertiary/aromatic N) is 7. The summed E-state index contributed by atoms with van der Waals surface area (Å²) < 4.78 is 16.8. The number of imidazole rings is 1. The fourth-order valence-corrected chi connectivity index (χ4v) is 5.83. The lowest BCUT2D eigenvalue weighted by molar-refractivity contribution is -0.113. The SMILES string of the molecule is CN1CCN(c2ccc(-c3cnc4ccc(C=C5SC(N6CCCCC6)=NC5=O)nn34)cc2F)CC1. The summed E-state index contributed by atoms with van der Waals surface area (Å²) in [6.45, 7) is 5.34. The first kappa shape index (κ1) is 23.2. The lowest BCUT2D eigenvalue weighted by Gasteiger charge is -2.34. The highest BCUT2D eigenvalue weighted by Gasteiger charge is 2.27. The molecule has 0 radical (unpaired) electrons. The van der Waals surface area contributed by atoms with Crippen molar-refractivity contribution in [1.29, 1.82) is 0 Å².